The summed E-state index contributed by atoms with van der Waals surface area (Å²) >= 11 is 1.36. The van der Waals surface area contributed by atoms with Gasteiger partial charge >= 0.3 is 17.6 Å². The second-order valence-corrected chi connectivity index (χ2v) is 6.25. The number of carbonyl (C=O) groups is 1. The van der Waals surface area contributed by atoms with E-state index in [4.69, 9.17) is 9.15 Å². The average molecular weight is 364 g/mol. The highest BCUT2D eigenvalue weighted by Crippen LogP contribution is 2.20. The van der Waals surface area contributed by atoms with Crippen molar-refractivity contribution in [3.8, 4) is 5.75 Å². The molecule has 0 fully saturated rings. The summed E-state index contributed by atoms with van der Waals surface area (Å²) in [6, 6.07) is 17.2. The Bertz CT molecular complexity index is 1120. The van der Waals surface area contributed by atoms with E-state index in [2.05, 4.69) is 10.3 Å². The molecule has 0 unspecified atom stereocenters. The minimum atomic E-state index is -0.451. The first-order valence-corrected chi connectivity index (χ1v) is 8.60. The zero-order chi connectivity index (χ0) is 17.9. The van der Waals surface area contributed by atoms with E-state index >= 15 is 0 Å². The van der Waals surface area contributed by atoms with Crippen molar-refractivity contribution in [3.05, 3.63) is 82.0 Å². The van der Waals surface area contributed by atoms with Gasteiger partial charge in [-0.05, 0) is 47.8 Å². The minimum Gasteiger partial charge on any atom is -0.423 e. The van der Waals surface area contributed by atoms with Crippen LogP contribution in [0.25, 0.3) is 10.2 Å². The number of hydrogen-bond acceptors (Lipinski definition) is 7. The Morgan fingerprint density at radius 2 is 1.81 bits per heavy atom. The lowest BCUT2D eigenvalue weighted by Gasteiger charge is -2.06. The third-order valence-electron chi connectivity index (χ3n) is 3.58. The molecule has 1 N–H and O–H groups in total. The van der Waals surface area contributed by atoms with Crippen LogP contribution in [0.3, 0.4) is 0 Å². The number of fused-ring (bicyclic) bond motifs is 1. The third-order valence-corrected chi connectivity index (χ3v) is 4.39. The Hall–Kier alpha value is -3.45. The van der Waals surface area contributed by atoms with Gasteiger partial charge in [-0.15, -0.1) is 11.3 Å². The largest absolute Gasteiger partial charge is 0.423 e. The van der Waals surface area contributed by atoms with E-state index in [1.54, 1.807) is 60.0 Å². The van der Waals surface area contributed by atoms with Gasteiger partial charge in [0.05, 0.1) is 10.9 Å². The summed E-state index contributed by atoms with van der Waals surface area (Å²) < 4.78 is 10.4. The normalized spacial score (nSPS) is 10.6. The van der Waals surface area contributed by atoms with Crippen LogP contribution in [0, 0.1) is 0 Å². The number of nitrogens with zero attached hydrogens (tertiary/aromatic N) is 1. The summed E-state index contributed by atoms with van der Waals surface area (Å²) in [7, 11) is 0. The lowest BCUT2D eigenvalue weighted by Crippen LogP contribution is -2.08. The molecule has 0 bridgehead atoms. The zero-order valence-corrected chi connectivity index (χ0v) is 14.2. The van der Waals surface area contributed by atoms with Crippen molar-refractivity contribution in [1.82, 2.24) is 4.98 Å². The maximum atomic E-state index is 12.1. The molecule has 2 aromatic heterocycles. The lowest BCUT2D eigenvalue weighted by atomic mass is 10.2. The van der Waals surface area contributed by atoms with Gasteiger partial charge in [-0.2, -0.15) is 4.98 Å². The SMILES string of the molecule is O=C(Oc1ccccc1)c1ccc(Nc2nc3sccc3c(=O)o2)cc1. The Morgan fingerprint density at radius 1 is 1.04 bits per heavy atom. The zero-order valence-electron chi connectivity index (χ0n) is 13.3. The molecular weight excluding hydrogens is 352 g/mol. The molecule has 0 aliphatic carbocycles. The number of aromatic nitrogens is 1. The first-order valence-electron chi connectivity index (χ1n) is 7.72. The van der Waals surface area contributed by atoms with Crippen LogP contribution in [0.1, 0.15) is 10.4 Å². The van der Waals surface area contributed by atoms with Crippen LogP contribution >= 0.6 is 11.3 Å². The second-order valence-electron chi connectivity index (χ2n) is 5.35. The molecule has 4 rings (SSSR count). The van der Waals surface area contributed by atoms with Crippen molar-refractivity contribution in [2.75, 3.05) is 5.32 Å². The van der Waals surface area contributed by atoms with Crippen molar-refractivity contribution >= 4 is 39.2 Å². The molecule has 0 saturated carbocycles. The van der Waals surface area contributed by atoms with Crippen molar-refractivity contribution in [1.29, 1.82) is 0 Å². The van der Waals surface area contributed by atoms with E-state index in [1.807, 2.05) is 6.07 Å². The number of esters is 1. The summed E-state index contributed by atoms with van der Waals surface area (Å²) in [4.78, 5) is 28.9. The Balaban J connectivity index is 1.50. The molecule has 0 radical (unpaired) electrons. The van der Waals surface area contributed by atoms with E-state index in [9.17, 15) is 9.59 Å². The summed E-state index contributed by atoms with van der Waals surface area (Å²) in [5.74, 6) is 0.0299. The maximum Gasteiger partial charge on any atom is 0.349 e. The number of rotatable bonds is 4. The molecule has 0 aliphatic heterocycles. The monoisotopic (exact) mass is 364 g/mol. The molecule has 0 spiro atoms. The standard InChI is InChI=1S/C19H12N2O4S/c22-17(24-14-4-2-1-3-5-14)12-6-8-13(9-7-12)20-19-21-16-15(10-11-26-16)18(23)25-19/h1-11H,(H,20,21). The predicted molar refractivity (Wildman–Crippen MR) is 99.3 cm³/mol. The number of nitrogens with one attached hydrogen (secondary N) is 1. The van der Waals surface area contributed by atoms with Crippen LogP contribution in [0.5, 0.6) is 5.75 Å². The third kappa shape index (κ3) is 3.33. The number of thiophene rings is 1. The number of carbonyl (C=O) groups excluding carboxylic acids is 1. The summed E-state index contributed by atoms with van der Waals surface area (Å²) in [5.41, 5.74) is 0.595. The van der Waals surface area contributed by atoms with E-state index in [-0.39, 0.29) is 6.01 Å². The fourth-order valence-electron chi connectivity index (χ4n) is 2.32. The highest BCUT2D eigenvalue weighted by Gasteiger charge is 2.10. The van der Waals surface area contributed by atoms with Crippen molar-refractivity contribution < 1.29 is 13.9 Å². The second kappa shape index (κ2) is 6.81. The molecule has 0 aliphatic rings. The quantitative estimate of drug-likeness (QED) is 0.431. The molecule has 0 saturated heterocycles. The molecular formula is C19H12N2O4S. The fraction of sp³-hybridized carbons (Fsp3) is 0. The first kappa shape index (κ1) is 16.0. The average Bonchev–Trinajstić information content (AvgIpc) is 3.12. The molecule has 26 heavy (non-hydrogen) atoms. The molecule has 2 aromatic carbocycles. The van der Waals surface area contributed by atoms with Crippen LogP contribution in [-0.4, -0.2) is 11.0 Å². The number of ether oxygens (including phenoxy) is 1. The highest BCUT2D eigenvalue weighted by atomic mass is 32.1. The number of benzene rings is 2. The van der Waals surface area contributed by atoms with Gasteiger partial charge in [0.15, 0.2) is 0 Å². The van der Waals surface area contributed by atoms with Crippen LogP contribution in [0.15, 0.2) is 75.3 Å². The van der Waals surface area contributed by atoms with E-state index < -0.39 is 11.6 Å². The minimum absolute atomic E-state index is 0.101. The van der Waals surface area contributed by atoms with Crippen LogP contribution in [0.4, 0.5) is 11.7 Å². The first-order chi connectivity index (χ1) is 12.7. The van der Waals surface area contributed by atoms with Gasteiger partial charge in [-0.25, -0.2) is 9.59 Å². The Morgan fingerprint density at radius 3 is 2.58 bits per heavy atom. The molecule has 7 heteroatoms. The number of hydrogen-bond donors (Lipinski definition) is 1. The van der Waals surface area contributed by atoms with Crippen LogP contribution < -0.4 is 15.7 Å². The summed E-state index contributed by atoms with van der Waals surface area (Å²) in [5, 5.41) is 5.16. The van der Waals surface area contributed by atoms with Crippen molar-refractivity contribution in [2.24, 2.45) is 0 Å². The number of anilines is 2. The summed E-state index contributed by atoms with van der Waals surface area (Å²) in [6.45, 7) is 0. The van der Waals surface area contributed by atoms with Crippen LogP contribution in [0.2, 0.25) is 0 Å². The van der Waals surface area contributed by atoms with Gasteiger partial charge in [0, 0.05) is 5.69 Å². The summed E-state index contributed by atoms with van der Waals surface area (Å²) in [6.07, 6.45) is 0. The van der Waals surface area contributed by atoms with Gasteiger partial charge < -0.3 is 14.5 Å². The Labute approximate surface area is 151 Å². The highest BCUT2D eigenvalue weighted by molar-refractivity contribution is 7.16. The fourth-order valence-corrected chi connectivity index (χ4v) is 3.07. The van der Waals surface area contributed by atoms with Gasteiger partial charge in [0.1, 0.15) is 10.6 Å². The van der Waals surface area contributed by atoms with Gasteiger partial charge in [-0.3, -0.25) is 0 Å². The van der Waals surface area contributed by atoms with Gasteiger partial charge in [0.2, 0.25) is 0 Å². The lowest BCUT2D eigenvalue weighted by molar-refractivity contribution is 0.0735. The van der Waals surface area contributed by atoms with Crippen molar-refractivity contribution in [2.45, 2.75) is 0 Å². The van der Waals surface area contributed by atoms with E-state index in [0.717, 1.165) is 0 Å². The maximum absolute atomic E-state index is 12.1. The molecule has 0 amide bonds. The topological polar surface area (TPSA) is 81.4 Å². The van der Waals surface area contributed by atoms with E-state index in [1.165, 1.54) is 11.3 Å². The molecule has 6 nitrogen and oxygen atoms in total. The molecule has 0 atom stereocenters. The molecule has 4 aromatic rings. The predicted octanol–water partition coefficient (Wildman–Crippen LogP) is 4.21. The van der Waals surface area contributed by atoms with Gasteiger partial charge in [-0.1, -0.05) is 18.2 Å². The molecule has 128 valence electrons. The molecule has 2 heterocycles. The van der Waals surface area contributed by atoms with Gasteiger partial charge in [0.25, 0.3) is 0 Å². The smallest absolute Gasteiger partial charge is 0.349 e. The number of para-hydroxylation sites is 1. The Kier molecular flexibility index (Phi) is 4.20. The van der Waals surface area contributed by atoms with Crippen molar-refractivity contribution in [3.63, 3.8) is 0 Å². The van der Waals surface area contributed by atoms with E-state index in [0.29, 0.717) is 27.2 Å². The van der Waals surface area contributed by atoms with Crippen LogP contribution in [-0.2, 0) is 0 Å².